The Morgan fingerprint density at radius 3 is 1.69 bits per heavy atom. The fourth-order valence-electron chi connectivity index (χ4n) is 20.1. The molecule has 4 heterocycles. The van der Waals surface area contributed by atoms with E-state index in [1.807, 2.05) is 0 Å². The number of rotatable bonds is 5. The SMILES string of the molecule is CC(C)(C)c1ccc(N2c3cc4oc5cc6ccccc6cc5c4cc3B3c4c(cc(-c5ccccc5)cc42)-c2cc(C45CC6CC(CC(C6)C4)C5)cc4c5cc(C67CC8CC(CC(C8)C6)C7)ccc5n3c24)c(-c2ccccc2)c1. The normalized spacial score (nSPS) is 26.6. The van der Waals surface area contributed by atoms with Crippen LogP contribution >= 0.6 is 0 Å². The number of hydrogen-bond acceptors (Lipinski definition) is 2. The summed E-state index contributed by atoms with van der Waals surface area (Å²) in [6, 6.07) is 67.1. The molecule has 4 heteroatoms. The van der Waals surface area contributed by atoms with Gasteiger partial charge < -0.3 is 13.8 Å². The molecule has 8 bridgehead atoms. The summed E-state index contributed by atoms with van der Waals surface area (Å²) < 4.78 is 10.0. The van der Waals surface area contributed by atoms with Gasteiger partial charge in [-0.2, -0.15) is 0 Å². The van der Waals surface area contributed by atoms with Gasteiger partial charge in [0, 0.05) is 61.1 Å². The highest BCUT2D eigenvalue weighted by atomic mass is 16.3. The van der Waals surface area contributed by atoms with E-state index in [2.05, 4.69) is 200 Å². The van der Waals surface area contributed by atoms with Crippen LogP contribution in [-0.4, -0.2) is 11.3 Å². The molecule has 0 N–H and O–H groups in total. The minimum atomic E-state index is -0.0943. The zero-order valence-electron chi connectivity index (χ0n) is 46.5. The van der Waals surface area contributed by atoms with Crippen LogP contribution in [-0.2, 0) is 16.2 Å². The predicted octanol–water partition coefficient (Wildman–Crippen LogP) is 18.8. The van der Waals surface area contributed by atoms with E-state index >= 15 is 0 Å². The van der Waals surface area contributed by atoms with Crippen molar-refractivity contribution < 1.29 is 4.42 Å². The standard InChI is InChI=1S/C76H67BN2O/c1-74(2,3)55-18-20-66(58(32-55)51-14-8-5-9-15-51)78-68-37-71-61(60-28-52-16-10-11-17-53(52)31-70(60)80-71)36-65(68)77-72-62(29-54(30-69(72)78)50-12-6-4-7-13-50)64-35-57(76-41-47-25-48(42-76)27-49(26-47)43-76)34-63-59-33-56(19-21-67(59)79(77)73(63)64)75-38-44-22-45(39-75)24-46(23-44)40-75/h4-21,28-37,44-49H,22-27,38-43H2,1-3H3. The van der Waals surface area contributed by atoms with Crippen LogP contribution < -0.4 is 15.8 Å². The summed E-state index contributed by atoms with van der Waals surface area (Å²) in [5.74, 6) is 5.26. The maximum absolute atomic E-state index is 7.14. The van der Waals surface area contributed by atoms with Gasteiger partial charge in [0.05, 0.1) is 5.69 Å². The molecule has 10 aliphatic rings. The topological polar surface area (TPSA) is 21.3 Å². The molecule has 80 heavy (non-hydrogen) atoms. The molecule has 8 aliphatic carbocycles. The number of aromatic nitrogens is 1. The third-order valence-corrected chi connectivity index (χ3v) is 22.7. The average molecular weight is 1040 g/mol. The lowest BCUT2D eigenvalue weighted by Gasteiger charge is -2.57. The minimum Gasteiger partial charge on any atom is -0.456 e. The molecule has 0 spiro atoms. The van der Waals surface area contributed by atoms with E-state index in [4.69, 9.17) is 4.42 Å². The summed E-state index contributed by atoms with van der Waals surface area (Å²) in [6.07, 6.45) is 16.9. The summed E-state index contributed by atoms with van der Waals surface area (Å²) in [5, 5.41) is 7.77. The summed E-state index contributed by atoms with van der Waals surface area (Å²) in [7, 11) is 0. The van der Waals surface area contributed by atoms with Gasteiger partial charge in [-0.25, -0.2) is 0 Å². The monoisotopic (exact) mass is 1030 g/mol. The van der Waals surface area contributed by atoms with Gasteiger partial charge in [-0.05, 0) is 250 Å². The van der Waals surface area contributed by atoms with Crippen molar-refractivity contribution in [1.29, 1.82) is 0 Å². The van der Waals surface area contributed by atoms with Crippen molar-refractivity contribution in [2.45, 2.75) is 114 Å². The molecule has 3 nitrogen and oxygen atoms in total. The molecule has 0 amide bonds. The van der Waals surface area contributed by atoms with Gasteiger partial charge in [0.2, 0.25) is 0 Å². The maximum atomic E-state index is 7.14. The number of fused-ring (bicyclic) bond motifs is 11. The molecule has 0 radical (unpaired) electrons. The number of benzene rings is 9. The summed E-state index contributed by atoms with van der Waals surface area (Å²) >= 11 is 0. The first-order valence-corrected chi connectivity index (χ1v) is 30.8. The van der Waals surface area contributed by atoms with Crippen LogP contribution in [0.1, 0.15) is 115 Å². The summed E-state index contributed by atoms with van der Waals surface area (Å²) in [6.45, 7) is 6.95. The van der Waals surface area contributed by atoms with Crippen molar-refractivity contribution in [3.63, 3.8) is 0 Å². The predicted molar refractivity (Wildman–Crippen MR) is 334 cm³/mol. The molecule has 390 valence electrons. The van der Waals surface area contributed by atoms with Gasteiger partial charge in [-0.15, -0.1) is 0 Å². The zero-order chi connectivity index (χ0) is 52.5. The second-order valence-electron chi connectivity index (χ2n) is 28.5. The molecule has 21 rings (SSSR count). The third-order valence-electron chi connectivity index (χ3n) is 22.7. The largest absolute Gasteiger partial charge is 0.456 e. The molecule has 0 saturated heterocycles. The first-order valence-electron chi connectivity index (χ1n) is 30.8. The van der Waals surface area contributed by atoms with Gasteiger partial charge >= 0.3 is 6.85 Å². The van der Waals surface area contributed by atoms with E-state index in [1.54, 1.807) is 11.1 Å². The molecule has 2 aliphatic heterocycles. The molecule has 8 fully saturated rings. The Morgan fingerprint density at radius 1 is 0.438 bits per heavy atom. The van der Waals surface area contributed by atoms with Gasteiger partial charge in [-0.1, -0.05) is 124 Å². The lowest BCUT2D eigenvalue weighted by molar-refractivity contribution is -0.00527. The molecule has 8 saturated carbocycles. The molecule has 0 unspecified atom stereocenters. The van der Waals surface area contributed by atoms with Gasteiger partial charge in [0.25, 0.3) is 0 Å². The molecular weight excluding hydrogens is 968 g/mol. The van der Waals surface area contributed by atoms with E-state index in [0.717, 1.165) is 46.7 Å². The lowest BCUT2D eigenvalue weighted by Crippen LogP contribution is -2.56. The number of nitrogens with zero attached hydrogens (tertiary/aromatic N) is 2. The van der Waals surface area contributed by atoms with Crippen LogP contribution in [0.3, 0.4) is 0 Å². The molecular formula is C76H67BN2O. The smallest absolute Gasteiger partial charge is 0.333 e. The van der Waals surface area contributed by atoms with E-state index in [-0.39, 0.29) is 17.7 Å². The first kappa shape index (κ1) is 45.4. The highest BCUT2D eigenvalue weighted by molar-refractivity contribution is 6.90. The number of furan rings is 1. The minimum absolute atomic E-state index is 0.0438. The second-order valence-corrected chi connectivity index (χ2v) is 28.5. The molecule has 11 aromatic rings. The van der Waals surface area contributed by atoms with Crippen molar-refractivity contribution in [3.8, 4) is 33.4 Å². The Balaban J connectivity index is 0.954. The van der Waals surface area contributed by atoms with E-state index in [0.29, 0.717) is 5.41 Å². The van der Waals surface area contributed by atoms with E-state index < -0.39 is 0 Å². The number of hydrogen-bond donors (Lipinski definition) is 0. The van der Waals surface area contributed by atoms with Crippen molar-refractivity contribution >= 4 is 89.4 Å². The molecule has 2 aromatic heterocycles. The Hall–Kier alpha value is -7.30. The van der Waals surface area contributed by atoms with Crippen LogP contribution in [0.2, 0.25) is 0 Å². The van der Waals surface area contributed by atoms with Crippen molar-refractivity contribution in [1.82, 2.24) is 4.48 Å². The Bertz CT molecular complexity index is 4420. The van der Waals surface area contributed by atoms with Crippen molar-refractivity contribution in [2.24, 2.45) is 35.5 Å². The fraction of sp³-hybridized carbons (Fsp3) is 0.316. The van der Waals surface area contributed by atoms with Crippen LogP contribution in [0.15, 0.2) is 174 Å². The van der Waals surface area contributed by atoms with Crippen molar-refractivity contribution in [2.75, 3.05) is 4.90 Å². The molecule has 0 atom stereocenters. The lowest BCUT2D eigenvalue weighted by atomic mass is 9.44. The quantitative estimate of drug-likeness (QED) is 0.160. The first-order chi connectivity index (χ1) is 39.1. The van der Waals surface area contributed by atoms with Crippen LogP contribution in [0.25, 0.3) is 87.9 Å². The van der Waals surface area contributed by atoms with Crippen LogP contribution in [0, 0.1) is 35.5 Å². The highest BCUT2D eigenvalue weighted by Gasteiger charge is 2.54. The maximum Gasteiger partial charge on any atom is 0.333 e. The van der Waals surface area contributed by atoms with E-state index in [1.165, 1.54) is 187 Å². The van der Waals surface area contributed by atoms with Gasteiger partial charge in [0.15, 0.2) is 0 Å². The Morgan fingerprint density at radius 2 is 1.02 bits per heavy atom. The average Bonchev–Trinajstić information content (AvgIpc) is 3.14. The van der Waals surface area contributed by atoms with Crippen molar-refractivity contribution in [3.05, 3.63) is 187 Å². The Labute approximate surface area is 470 Å². The highest BCUT2D eigenvalue weighted by Crippen LogP contribution is 2.64. The second kappa shape index (κ2) is 15.8. The van der Waals surface area contributed by atoms with E-state index in [9.17, 15) is 0 Å². The van der Waals surface area contributed by atoms with Gasteiger partial charge in [0.1, 0.15) is 11.2 Å². The Kier molecular flexibility index (Phi) is 8.96. The third kappa shape index (κ3) is 6.29. The zero-order valence-corrected chi connectivity index (χ0v) is 46.5. The van der Waals surface area contributed by atoms with Crippen LogP contribution in [0.5, 0.6) is 0 Å². The fourth-order valence-corrected chi connectivity index (χ4v) is 20.1. The van der Waals surface area contributed by atoms with Gasteiger partial charge in [-0.3, -0.25) is 0 Å². The molecule has 9 aromatic carbocycles. The summed E-state index contributed by atoms with van der Waals surface area (Å²) in [5.41, 5.74) is 23.9. The number of anilines is 3. The summed E-state index contributed by atoms with van der Waals surface area (Å²) in [4.78, 5) is 2.68. The van der Waals surface area contributed by atoms with Crippen LogP contribution in [0.4, 0.5) is 17.1 Å².